The molecule has 128 valence electrons. The van der Waals surface area contributed by atoms with Gasteiger partial charge in [-0.15, -0.1) is 11.3 Å². The van der Waals surface area contributed by atoms with Gasteiger partial charge in [-0.2, -0.15) is 0 Å². The van der Waals surface area contributed by atoms with E-state index >= 15 is 0 Å². The van der Waals surface area contributed by atoms with Crippen molar-refractivity contribution < 1.29 is 0 Å². The normalized spacial score (nSPS) is 13.9. The van der Waals surface area contributed by atoms with Crippen molar-refractivity contribution in [2.75, 3.05) is 0 Å². The summed E-state index contributed by atoms with van der Waals surface area (Å²) < 4.78 is 2.01. The van der Waals surface area contributed by atoms with Gasteiger partial charge in [0, 0.05) is 20.3 Å². The molecule has 0 atom stereocenters. The zero-order valence-electron chi connectivity index (χ0n) is 14.2. The number of aryl methyl sites for hydroxylation is 1. The molecule has 0 radical (unpaired) electrons. The second-order valence-corrected chi connectivity index (χ2v) is 8.34. The number of rotatable bonds is 1. The molecule has 4 aromatic rings. The summed E-state index contributed by atoms with van der Waals surface area (Å²) in [6.45, 7) is 0. The first kappa shape index (κ1) is 16.0. The highest BCUT2D eigenvalue weighted by molar-refractivity contribution is 7.25. The zero-order valence-corrected chi connectivity index (χ0v) is 15.8. The zero-order chi connectivity index (χ0) is 17.7. The first-order valence-corrected chi connectivity index (χ1v) is 10.2. The fourth-order valence-electron chi connectivity index (χ4n) is 4.11. The lowest BCUT2D eigenvalue weighted by Crippen LogP contribution is -2.05. The van der Waals surface area contributed by atoms with Gasteiger partial charge in [0.15, 0.2) is 5.43 Å². The predicted molar refractivity (Wildman–Crippen MR) is 113 cm³/mol. The van der Waals surface area contributed by atoms with Crippen LogP contribution in [0.3, 0.4) is 0 Å². The van der Waals surface area contributed by atoms with Crippen molar-refractivity contribution in [3.8, 4) is 11.1 Å². The second kappa shape index (κ2) is 6.22. The third-order valence-corrected chi connectivity index (χ3v) is 6.88. The molecule has 1 aromatic heterocycles. The quantitative estimate of drug-likeness (QED) is 0.341. The first-order chi connectivity index (χ1) is 12.7. The Morgan fingerprint density at radius 3 is 2.62 bits per heavy atom. The fraction of sp³-hybridized carbons (Fsp3) is 0.174. The van der Waals surface area contributed by atoms with E-state index < -0.39 is 0 Å². The van der Waals surface area contributed by atoms with Crippen LogP contribution in [0.15, 0.2) is 59.4 Å². The van der Waals surface area contributed by atoms with Crippen molar-refractivity contribution in [2.24, 2.45) is 0 Å². The smallest absolute Gasteiger partial charge is 0.197 e. The summed E-state index contributed by atoms with van der Waals surface area (Å²) in [5.74, 6) is 0. The maximum Gasteiger partial charge on any atom is 0.197 e. The van der Waals surface area contributed by atoms with E-state index in [2.05, 4.69) is 24.3 Å². The van der Waals surface area contributed by atoms with Gasteiger partial charge in [0.1, 0.15) is 0 Å². The summed E-state index contributed by atoms with van der Waals surface area (Å²) in [7, 11) is 0. The first-order valence-electron chi connectivity index (χ1n) is 8.99. The van der Waals surface area contributed by atoms with Gasteiger partial charge in [0.05, 0.1) is 10.4 Å². The third kappa shape index (κ3) is 2.40. The summed E-state index contributed by atoms with van der Waals surface area (Å²) >= 11 is 8.14. The second-order valence-electron chi connectivity index (χ2n) is 6.88. The Morgan fingerprint density at radius 1 is 0.846 bits per heavy atom. The van der Waals surface area contributed by atoms with Crippen LogP contribution in [0.4, 0.5) is 0 Å². The van der Waals surface area contributed by atoms with Crippen LogP contribution in [-0.4, -0.2) is 0 Å². The van der Waals surface area contributed by atoms with Crippen LogP contribution in [0.5, 0.6) is 0 Å². The number of hydrogen-bond acceptors (Lipinski definition) is 2. The fourth-order valence-corrected chi connectivity index (χ4v) is 5.64. The van der Waals surface area contributed by atoms with Crippen LogP contribution < -0.4 is 5.43 Å². The average molecular weight is 377 g/mol. The number of fused-ring (bicyclic) bond motifs is 3. The van der Waals surface area contributed by atoms with E-state index in [1.54, 1.807) is 11.3 Å². The van der Waals surface area contributed by atoms with Crippen LogP contribution >= 0.6 is 22.9 Å². The monoisotopic (exact) mass is 376 g/mol. The lowest BCUT2D eigenvalue weighted by Gasteiger charge is -2.20. The molecule has 0 bridgehead atoms. The summed E-state index contributed by atoms with van der Waals surface area (Å²) in [5, 5.41) is 1.95. The van der Waals surface area contributed by atoms with Gasteiger partial charge in [0.2, 0.25) is 0 Å². The van der Waals surface area contributed by atoms with Gasteiger partial charge in [-0.1, -0.05) is 48.0 Å². The molecular weight excluding hydrogens is 360 g/mol. The van der Waals surface area contributed by atoms with E-state index in [1.165, 1.54) is 29.5 Å². The third-order valence-electron chi connectivity index (χ3n) is 5.36. The lowest BCUT2D eigenvalue weighted by atomic mass is 9.86. The van der Waals surface area contributed by atoms with Gasteiger partial charge in [-0.25, -0.2) is 0 Å². The highest BCUT2D eigenvalue weighted by atomic mass is 35.5. The van der Waals surface area contributed by atoms with Crippen molar-refractivity contribution in [1.82, 2.24) is 0 Å². The van der Waals surface area contributed by atoms with E-state index in [-0.39, 0.29) is 5.43 Å². The van der Waals surface area contributed by atoms with Crippen LogP contribution in [0.25, 0.3) is 31.3 Å². The molecule has 0 spiro atoms. The van der Waals surface area contributed by atoms with E-state index in [9.17, 15) is 4.79 Å². The standard InChI is InChI=1S/C23H17ClOS/c24-19-13-12-17(16-10-5-7-14-6-1-2-8-15(14)16)23-21(19)22(25)18-9-3-4-11-20(18)26-23/h3-5,7,9-13H,1-2,6,8H2. The molecule has 0 N–H and O–H groups in total. The summed E-state index contributed by atoms with van der Waals surface area (Å²) in [4.78, 5) is 13.1. The minimum absolute atomic E-state index is 0.0333. The number of halogens is 1. The van der Waals surface area contributed by atoms with Crippen LogP contribution in [0.2, 0.25) is 5.02 Å². The molecule has 3 aromatic carbocycles. The van der Waals surface area contributed by atoms with Crippen LogP contribution in [0.1, 0.15) is 24.0 Å². The molecule has 0 aliphatic heterocycles. The van der Waals surface area contributed by atoms with Gasteiger partial charge in [0.25, 0.3) is 0 Å². The van der Waals surface area contributed by atoms with Gasteiger partial charge in [-0.05, 0) is 60.6 Å². The summed E-state index contributed by atoms with van der Waals surface area (Å²) in [6.07, 6.45) is 4.75. The molecule has 1 aliphatic rings. The Kier molecular flexibility index (Phi) is 3.84. The maximum atomic E-state index is 13.1. The van der Waals surface area contributed by atoms with E-state index in [0.717, 1.165) is 33.2 Å². The molecule has 5 rings (SSSR count). The van der Waals surface area contributed by atoms with Crippen molar-refractivity contribution in [1.29, 1.82) is 0 Å². The molecule has 1 aliphatic carbocycles. The number of hydrogen-bond donors (Lipinski definition) is 0. The average Bonchev–Trinajstić information content (AvgIpc) is 2.68. The van der Waals surface area contributed by atoms with E-state index in [4.69, 9.17) is 11.6 Å². The molecule has 1 heterocycles. The van der Waals surface area contributed by atoms with Crippen molar-refractivity contribution in [3.05, 3.63) is 81.0 Å². The Morgan fingerprint density at radius 2 is 1.69 bits per heavy atom. The van der Waals surface area contributed by atoms with E-state index in [1.807, 2.05) is 30.3 Å². The molecule has 0 saturated heterocycles. The molecule has 0 amide bonds. The Labute approximate surface area is 160 Å². The van der Waals surface area contributed by atoms with Crippen LogP contribution in [-0.2, 0) is 12.8 Å². The van der Waals surface area contributed by atoms with Crippen molar-refractivity contribution in [2.45, 2.75) is 25.7 Å². The molecule has 1 nitrogen and oxygen atoms in total. The van der Waals surface area contributed by atoms with Crippen LogP contribution in [0, 0.1) is 0 Å². The van der Waals surface area contributed by atoms with Crippen molar-refractivity contribution >= 4 is 43.1 Å². The topological polar surface area (TPSA) is 17.1 Å². The highest BCUT2D eigenvalue weighted by Gasteiger charge is 2.18. The molecule has 26 heavy (non-hydrogen) atoms. The SMILES string of the molecule is O=c1c2ccccc2sc2c(-c3cccc4c3CCCC4)ccc(Cl)c12. The Balaban J connectivity index is 1.91. The maximum absolute atomic E-state index is 13.1. The lowest BCUT2D eigenvalue weighted by molar-refractivity contribution is 0.687. The molecule has 0 saturated carbocycles. The Hall–Kier alpha value is -2.16. The highest BCUT2D eigenvalue weighted by Crippen LogP contribution is 2.40. The molecule has 3 heteroatoms. The van der Waals surface area contributed by atoms with Crippen molar-refractivity contribution in [3.63, 3.8) is 0 Å². The predicted octanol–water partition coefficient (Wildman–Crippen LogP) is 6.61. The largest absolute Gasteiger partial charge is 0.288 e. The molecule has 0 fully saturated rings. The van der Waals surface area contributed by atoms with E-state index in [0.29, 0.717) is 10.4 Å². The minimum Gasteiger partial charge on any atom is -0.288 e. The number of benzene rings is 3. The van der Waals surface area contributed by atoms with Gasteiger partial charge >= 0.3 is 0 Å². The summed E-state index contributed by atoms with van der Waals surface area (Å²) in [6, 6.07) is 18.3. The molecular formula is C23H17ClOS. The summed E-state index contributed by atoms with van der Waals surface area (Å²) in [5.41, 5.74) is 5.32. The molecule has 0 unspecified atom stereocenters. The van der Waals surface area contributed by atoms with Gasteiger partial charge in [-0.3, -0.25) is 4.79 Å². The van der Waals surface area contributed by atoms with Gasteiger partial charge < -0.3 is 0 Å². The minimum atomic E-state index is 0.0333. The Bertz CT molecular complexity index is 1220.